The first kappa shape index (κ1) is 17.8. The molecule has 0 spiro atoms. The van der Waals surface area contributed by atoms with Crippen molar-refractivity contribution in [1.29, 1.82) is 0 Å². The fraction of sp³-hybridized carbons (Fsp3) is 0.333. The average Bonchev–Trinajstić information content (AvgIpc) is 3.41. The molecule has 0 amide bonds. The van der Waals surface area contributed by atoms with E-state index < -0.39 is 0 Å². The third-order valence-corrected chi connectivity index (χ3v) is 5.36. The van der Waals surface area contributed by atoms with Gasteiger partial charge in [-0.1, -0.05) is 0 Å². The van der Waals surface area contributed by atoms with Crippen LogP contribution in [0.2, 0.25) is 0 Å². The van der Waals surface area contributed by atoms with E-state index in [1.807, 2.05) is 35.3 Å². The van der Waals surface area contributed by atoms with E-state index in [4.69, 9.17) is 14.8 Å². The van der Waals surface area contributed by atoms with Crippen LogP contribution in [0.15, 0.2) is 48.9 Å². The van der Waals surface area contributed by atoms with Crippen LogP contribution in [0.4, 0.5) is 5.82 Å². The van der Waals surface area contributed by atoms with Gasteiger partial charge < -0.3 is 9.64 Å². The number of aromatic nitrogens is 6. The second kappa shape index (κ2) is 7.63. The molecule has 1 aliphatic heterocycles. The molecule has 5 rings (SSSR count). The number of morpholine rings is 1. The van der Waals surface area contributed by atoms with E-state index in [2.05, 4.69) is 39.1 Å². The van der Waals surface area contributed by atoms with Crippen molar-refractivity contribution in [2.75, 3.05) is 24.7 Å². The third-order valence-electron chi connectivity index (χ3n) is 5.36. The summed E-state index contributed by atoms with van der Waals surface area (Å²) in [5.41, 5.74) is 4.85. The van der Waals surface area contributed by atoms with Gasteiger partial charge in [0.05, 0.1) is 30.5 Å². The topological polar surface area (TPSA) is 84.8 Å². The maximum absolute atomic E-state index is 5.58. The average molecular weight is 389 g/mol. The Balaban J connectivity index is 1.54. The highest BCUT2D eigenvalue weighted by molar-refractivity contribution is 5.90. The Kier molecular flexibility index (Phi) is 4.69. The predicted molar refractivity (Wildman–Crippen MR) is 111 cm³/mol. The molecule has 5 heterocycles. The van der Waals surface area contributed by atoms with E-state index in [1.165, 1.54) is 5.56 Å². The molecule has 8 nitrogen and oxygen atoms in total. The minimum atomic E-state index is 0.297. The molecule has 0 aromatic carbocycles. The van der Waals surface area contributed by atoms with Crippen molar-refractivity contribution in [2.45, 2.75) is 25.9 Å². The smallest absolute Gasteiger partial charge is 0.136 e. The van der Waals surface area contributed by atoms with Gasteiger partial charge in [-0.2, -0.15) is 10.2 Å². The van der Waals surface area contributed by atoms with Gasteiger partial charge in [-0.15, -0.1) is 0 Å². The van der Waals surface area contributed by atoms with E-state index in [-0.39, 0.29) is 0 Å². The van der Waals surface area contributed by atoms with Crippen molar-refractivity contribution in [1.82, 2.24) is 29.9 Å². The number of H-pyrrole nitrogens is 1. The standard InChI is InChI=1S/C21H23N7O/c1-15-14-29-13-12-27(15)19-3-2-18-21(24-19)20(17-6-10-23-25-17)26-28(18)11-7-16-4-8-22-9-5-16/h2-6,8-10,15H,7,11-14H2,1H3,(H,23,25)/t15-/m1/s1. The largest absolute Gasteiger partial charge is 0.377 e. The Morgan fingerprint density at radius 1 is 1.14 bits per heavy atom. The number of pyridine rings is 2. The molecule has 0 radical (unpaired) electrons. The van der Waals surface area contributed by atoms with Gasteiger partial charge in [-0.05, 0) is 49.2 Å². The number of rotatable bonds is 5. The van der Waals surface area contributed by atoms with E-state index >= 15 is 0 Å². The number of nitrogens with zero attached hydrogens (tertiary/aromatic N) is 6. The van der Waals surface area contributed by atoms with Gasteiger partial charge in [0.25, 0.3) is 0 Å². The number of hydrogen-bond donors (Lipinski definition) is 1. The molecule has 1 aliphatic rings. The number of hydrogen-bond acceptors (Lipinski definition) is 6. The molecule has 1 atom stereocenters. The van der Waals surface area contributed by atoms with Crippen molar-refractivity contribution in [2.24, 2.45) is 0 Å². The monoisotopic (exact) mass is 389 g/mol. The van der Waals surface area contributed by atoms with Gasteiger partial charge >= 0.3 is 0 Å². The molecule has 29 heavy (non-hydrogen) atoms. The highest BCUT2D eigenvalue weighted by Gasteiger charge is 2.22. The third kappa shape index (κ3) is 3.47. The first-order chi connectivity index (χ1) is 14.3. The number of fused-ring (bicyclic) bond motifs is 1. The summed E-state index contributed by atoms with van der Waals surface area (Å²) < 4.78 is 7.61. The van der Waals surface area contributed by atoms with Gasteiger partial charge in [0.1, 0.15) is 17.0 Å². The molecule has 0 bridgehead atoms. The first-order valence-corrected chi connectivity index (χ1v) is 9.90. The Morgan fingerprint density at radius 2 is 2.03 bits per heavy atom. The van der Waals surface area contributed by atoms with E-state index in [0.717, 1.165) is 61.0 Å². The normalized spacial score (nSPS) is 17.1. The molecule has 1 fully saturated rings. The van der Waals surface area contributed by atoms with Crippen molar-refractivity contribution < 1.29 is 4.74 Å². The molecule has 4 aromatic heterocycles. The molecule has 4 aromatic rings. The van der Waals surface area contributed by atoms with Crippen molar-refractivity contribution >= 4 is 16.9 Å². The summed E-state index contributed by atoms with van der Waals surface area (Å²) in [7, 11) is 0. The molecule has 0 aliphatic carbocycles. The van der Waals surface area contributed by atoms with Gasteiger partial charge in [-0.3, -0.25) is 14.8 Å². The Bertz CT molecular complexity index is 1090. The van der Waals surface area contributed by atoms with Crippen LogP contribution in [0.3, 0.4) is 0 Å². The lowest BCUT2D eigenvalue weighted by molar-refractivity contribution is 0.0986. The summed E-state index contributed by atoms with van der Waals surface area (Å²) >= 11 is 0. The summed E-state index contributed by atoms with van der Waals surface area (Å²) in [6.07, 6.45) is 6.27. The van der Waals surface area contributed by atoms with Gasteiger partial charge in [0.15, 0.2) is 0 Å². The van der Waals surface area contributed by atoms with Crippen LogP contribution in [0.1, 0.15) is 12.5 Å². The molecular formula is C21H23N7O. The fourth-order valence-electron chi connectivity index (χ4n) is 3.80. The summed E-state index contributed by atoms with van der Waals surface area (Å²) in [6, 6.07) is 10.5. The quantitative estimate of drug-likeness (QED) is 0.565. The SMILES string of the molecule is C[C@@H]1COCCN1c1ccc2c(n1)c(-c1ccn[nH]1)nn2CCc1ccncc1. The lowest BCUT2D eigenvalue weighted by Gasteiger charge is -2.34. The van der Waals surface area contributed by atoms with Crippen LogP contribution in [-0.4, -0.2) is 55.7 Å². The zero-order valence-electron chi connectivity index (χ0n) is 16.3. The molecule has 1 saturated heterocycles. The van der Waals surface area contributed by atoms with Gasteiger partial charge in [0, 0.05) is 31.7 Å². The van der Waals surface area contributed by atoms with Gasteiger partial charge in [0.2, 0.25) is 0 Å². The molecule has 0 unspecified atom stereocenters. The van der Waals surface area contributed by atoms with Crippen molar-refractivity contribution in [3.05, 3.63) is 54.5 Å². The Labute approximate surface area is 168 Å². The lowest BCUT2D eigenvalue weighted by Crippen LogP contribution is -2.44. The fourth-order valence-corrected chi connectivity index (χ4v) is 3.80. The number of anilines is 1. The Morgan fingerprint density at radius 3 is 2.83 bits per heavy atom. The second-order valence-corrected chi connectivity index (χ2v) is 7.30. The van der Waals surface area contributed by atoms with Crippen LogP contribution < -0.4 is 4.90 Å². The minimum Gasteiger partial charge on any atom is -0.377 e. The van der Waals surface area contributed by atoms with Crippen molar-refractivity contribution in [3.63, 3.8) is 0 Å². The van der Waals surface area contributed by atoms with Crippen LogP contribution >= 0.6 is 0 Å². The number of aryl methyl sites for hydroxylation is 2. The maximum Gasteiger partial charge on any atom is 0.136 e. The highest BCUT2D eigenvalue weighted by atomic mass is 16.5. The van der Waals surface area contributed by atoms with Crippen LogP contribution in [0, 0.1) is 0 Å². The van der Waals surface area contributed by atoms with Gasteiger partial charge in [-0.25, -0.2) is 4.98 Å². The molecule has 8 heteroatoms. The highest BCUT2D eigenvalue weighted by Crippen LogP contribution is 2.28. The van der Waals surface area contributed by atoms with Crippen LogP contribution in [0.25, 0.3) is 22.4 Å². The maximum atomic E-state index is 5.58. The first-order valence-electron chi connectivity index (χ1n) is 9.90. The zero-order valence-corrected chi connectivity index (χ0v) is 16.3. The minimum absolute atomic E-state index is 0.297. The number of aromatic amines is 1. The molecular weight excluding hydrogens is 366 g/mol. The zero-order chi connectivity index (χ0) is 19.6. The summed E-state index contributed by atoms with van der Waals surface area (Å²) in [5.74, 6) is 0.961. The van der Waals surface area contributed by atoms with Crippen LogP contribution in [-0.2, 0) is 17.7 Å². The van der Waals surface area contributed by atoms with Crippen LogP contribution in [0.5, 0.6) is 0 Å². The molecule has 0 saturated carbocycles. The van der Waals surface area contributed by atoms with Crippen molar-refractivity contribution in [3.8, 4) is 11.4 Å². The lowest BCUT2D eigenvalue weighted by atomic mass is 10.2. The Hall–Kier alpha value is -3.26. The second-order valence-electron chi connectivity index (χ2n) is 7.30. The summed E-state index contributed by atoms with van der Waals surface area (Å²) in [6.45, 7) is 5.22. The predicted octanol–water partition coefficient (Wildman–Crippen LogP) is 2.68. The number of nitrogens with one attached hydrogen (secondary N) is 1. The van der Waals surface area contributed by atoms with E-state index in [9.17, 15) is 0 Å². The number of ether oxygens (including phenoxy) is 1. The van der Waals surface area contributed by atoms with E-state index in [1.54, 1.807) is 6.20 Å². The van der Waals surface area contributed by atoms with E-state index in [0.29, 0.717) is 6.04 Å². The molecule has 1 N–H and O–H groups in total. The molecule has 148 valence electrons. The summed E-state index contributed by atoms with van der Waals surface area (Å²) in [5, 5.41) is 12.0. The summed E-state index contributed by atoms with van der Waals surface area (Å²) in [4.78, 5) is 11.4.